The lowest BCUT2D eigenvalue weighted by molar-refractivity contribution is 0.0786. The van der Waals surface area contributed by atoms with Crippen molar-refractivity contribution in [3.05, 3.63) is 82.4 Å². The van der Waals surface area contributed by atoms with Crippen LogP contribution in [0.15, 0.2) is 65.7 Å². The lowest BCUT2D eigenvalue weighted by Gasteiger charge is -2.21. The van der Waals surface area contributed by atoms with Crippen LogP contribution >= 0.6 is 0 Å². The Bertz CT molecular complexity index is 1240. The number of H-pyrrole nitrogens is 1. The number of hydrogen-bond acceptors (Lipinski definition) is 3. The van der Waals surface area contributed by atoms with E-state index in [-0.39, 0.29) is 5.56 Å². The van der Waals surface area contributed by atoms with E-state index < -0.39 is 5.60 Å². The van der Waals surface area contributed by atoms with E-state index in [1.807, 2.05) is 75.5 Å². The molecular formula is C26H30N2O3. The number of aromatic amines is 1. The predicted molar refractivity (Wildman–Crippen MR) is 127 cm³/mol. The molecule has 0 saturated heterocycles. The van der Waals surface area contributed by atoms with Crippen molar-refractivity contribution in [2.24, 2.45) is 7.05 Å². The van der Waals surface area contributed by atoms with E-state index in [2.05, 4.69) is 4.98 Å². The second kappa shape index (κ2) is 8.82. The van der Waals surface area contributed by atoms with Crippen molar-refractivity contribution in [1.29, 1.82) is 0 Å². The highest BCUT2D eigenvalue weighted by Gasteiger charge is 2.21. The topological polar surface area (TPSA) is 67.2 Å². The Hall–Kier alpha value is -3.31. The monoisotopic (exact) mass is 418 g/mol. The normalized spacial score (nSPS) is 11.2. The summed E-state index contributed by atoms with van der Waals surface area (Å²) in [5.74, 6) is 1.38. The molecule has 0 fully saturated rings. The molecule has 5 heteroatoms. The lowest BCUT2D eigenvalue weighted by atomic mass is 9.93. The Morgan fingerprint density at radius 1 is 1.00 bits per heavy atom. The number of aromatic nitrogens is 2. The van der Waals surface area contributed by atoms with Crippen molar-refractivity contribution in [1.82, 2.24) is 9.55 Å². The Morgan fingerprint density at radius 3 is 2.32 bits per heavy atom. The van der Waals surface area contributed by atoms with Crippen LogP contribution in [0.2, 0.25) is 0 Å². The Balaban J connectivity index is 0.00000132. The van der Waals surface area contributed by atoms with Crippen molar-refractivity contribution in [3.8, 4) is 22.6 Å². The second-order valence-corrected chi connectivity index (χ2v) is 7.91. The van der Waals surface area contributed by atoms with Gasteiger partial charge in [0.1, 0.15) is 17.0 Å². The summed E-state index contributed by atoms with van der Waals surface area (Å²) in [5.41, 5.74) is 3.04. The standard InChI is InChI=1S/C24H24N2O3.C2H6/c1-15-5-8-17(9-6-15)29-21-10-7-16(24(2,3)28)13-19(21)20-14-26(4)23(27)22-18(20)11-12-25-22;1-2/h5-14,25,28H,1-4H3;1-2H3. The van der Waals surface area contributed by atoms with Crippen molar-refractivity contribution < 1.29 is 9.84 Å². The fourth-order valence-corrected chi connectivity index (χ4v) is 3.43. The molecule has 2 heterocycles. The third-order valence-electron chi connectivity index (χ3n) is 5.12. The predicted octanol–water partition coefficient (Wildman–Crippen LogP) is 5.89. The average molecular weight is 419 g/mol. The maximum Gasteiger partial charge on any atom is 0.274 e. The molecule has 2 aromatic carbocycles. The van der Waals surface area contributed by atoms with Crippen LogP contribution in [0.4, 0.5) is 0 Å². The molecule has 0 aliphatic heterocycles. The van der Waals surface area contributed by atoms with Crippen LogP contribution in [-0.2, 0) is 12.6 Å². The van der Waals surface area contributed by atoms with E-state index in [0.29, 0.717) is 11.3 Å². The summed E-state index contributed by atoms with van der Waals surface area (Å²) in [6.07, 6.45) is 3.57. The number of fused-ring (bicyclic) bond motifs is 1. The molecule has 5 nitrogen and oxygen atoms in total. The maximum atomic E-state index is 12.5. The molecule has 0 aliphatic carbocycles. The fraction of sp³-hybridized carbons (Fsp3) is 0.269. The van der Waals surface area contributed by atoms with Gasteiger partial charge in [0.25, 0.3) is 5.56 Å². The molecule has 162 valence electrons. The van der Waals surface area contributed by atoms with Gasteiger partial charge in [-0.1, -0.05) is 37.6 Å². The van der Waals surface area contributed by atoms with Gasteiger partial charge in [-0.2, -0.15) is 0 Å². The highest BCUT2D eigenvalue weighted by Crippen LogP contribution is 2.39. The number of benzene rings is 2. The van der Waals surface area contributed by atoms with Gasteiger partial charge in [0.05, 0.1) is 5.60 Å². The minimum absolute atomic E-state index is 0.0894. The van der Waals surface area contributed by atoms with Gasteiger partial charge in [-0.25, -0.2) is 0 Å². The van der Waals surface area contributed by atoms with E-state index in [1.165, 1.54) is 0 Å². The van der Waals surface area contributed by atoms with E-state index in [0.717, 1.165) is 33.4 Å². The largest absolute Gasteiger partial charge is 0.457 e. The summed E-state index contributed by atoms with van der Waals surface area (Å²) < 4.78 is 7.76. The van der Waals surface area contributed by atoms with Crippen LogP contribution < -0.4 is 10.3 Å². The van der Waals surface area contributed by atoms with Gasteiger partial charge in [0.15, 0.2) is 0 Å². The average Bonchev–Trinajstić information content (AvgIpc) is 3.24. The Kier molecular flexibility index (Phi) is 6.37. The quantitative estimate of drug-likeness (QED) is 0.434. The molecule has 0 saturated carbocycles. The summed E-state index contributed by atoms with van der Waals surface area (Å²) in [7, 11) is 1.73. The molecular weight excluding hydrogens is 388 g/mol. The van der Waals surface area contributed by atoms with E-state index in [1.54, 1.807) is 31.7 Å². The smallest absolute Gasteiger partial charge is 0.274 e. The molecule has 0 amide bonds. The van der Waals surface area contributed by atoms with Crippen LogP contribution in [0, 0.1) is 6.92 Å². The Morgan fingerprint density at radius 2 is 1.68 bits per heavy atom. The minimum Gasteiger partial charge on any atom is -0.457 e. The lowest BCUT2D eigenvalue weighted by Crippen LogP contribution is -2.17. The third kappa shape index (κ3) is 4.57. The molecule has 2 aromatic heterocycles. The van der Waals surface area contributed by atoms with Gasteiger partial charge in [0.2, 0.25) is 0 Å². The van der Waals surface area contributed by atoms with Crippen LogP contribution in [0.25, 0.3) is 22.0 Å². The first-order valence-corrected chi connectivity index (χ1v) is 10.5. The van der Waals surface area contributed by atoms with Crippen LogP contribution in [0.3, 0.4) is 0 Å². The van der Waals surface area contributed by atoms with Gasteiger partial charge in [0, 0.05) is 36.0 Å². The molecule has 0 aliphatic rings. The fourth-order valence-electron chi connectivity index (χ4n) is 3.43. The van der Waals surface area contributed by atoms with E-state index in [4.69, 9.17) is 4.74 Å². The number of aryl methyl sites for hydroxylation is 2. The Labute approximate surface area is 182 Å². The highest BCUT2D eigenvalue weighted by molar-refractivity contribution is 5.96. The van der Waals surface area contributed by atoms with Gasteiger partial charge in [-0.05, 0) is 56.7 Å². The first-order valence-electron chi connectivity index (χ1n) is 10.5. The van der Waals surface area contributed by atoms with E-state index in [9.17, 15) is 9.90 Å². The first kappa shape index (κ1) is 22.4. The summed E-state index contributed by atoms with van der Waals surface area (Å²) in [4.78, 5) is 15.5. The molecule has 0 atom stereocenters. The number of nitrogens with zero attached hydrogens (tertiary/aromatic N) is 1. The van der Waals surface area contributed by atoms with Crippen LogP contribution in [0.5, 0.6) is 11.5 Å². The summed E-state index contributed by atoms with van der Waals surface area (Å²) in [6, 6.07) is 15.4. The van der Waals surface area contributed by atoms with Gasteiger partial charge in [-0.3, -0.25) is 4.79 Å². The number of hydrogen-bond donors (Lipinski definition) is 2. The van der Waals surface area contributed by atoms with Gasteiger partial charge < -0.3 is 19.4 Å². The van der Waals surface area contributed by atoms with Gasteiger partial charge in [-0.15, -0.1) is 0 Å². The minimum atomic E-state index is -1.00. The summed E-state index contributed by atoms with van der Waals surface area (Å²) >= 11 is 0. The van der Waals surface area contributed by atoms with Crippen LogP contribution in [-0.4, -0.2) is 14.7 Å². The van der Waals surface area contributed by atoms with Gasteiger partial charge >= 0.3 is 0 Å². The van der Waals surface area contributed by atoms with Crippen LogP contribution in [0.1, 0.15) is 38.8 Å². The zero-order valence-electron chi connectivity index (χ0n) is 19.0. The van der Waals surface area contributed by atoms with Crippen molar-refractivity contribution >= 4 is 10.9 Å². The van der Waals surface area contributed by atoms with Crippen molar-refractivity contribution in [2.75, 3.05) is 0 Å². The summed E-state index contributed by atoms with van der Waals surface area (Å²) in [5, 5.41) is 11.4. The second-order valence-electron chi connectivity index (χ2n) is 7.91. The van der Waals surface area contributed by atoms with E-state index >= 15 is 0 Å². The molecule has 4 rings (SSSR count). The first-order chi connectivity index (χ1) is 14.7. The SMILES string of the molecule is CC.Cc1ccc(Oc2ccc(C(C)(C)O)cc2-c2cn(C)c(=O)c3[nH]ccc23)cc1. The summed E-state index contributed by atoms with van der Waals surface area (Å²) in [6.45, 7) is 9.53. The number of rotatable bonds is 4. The molecule has 4 aromatic rings. The molecule has 0 radical (unpaired) electrons. The molecule has 2 N–H and O–H groups in total. The van der Waals surface area contributed by atoms with Crippen molar-refractivity contribution in [2.45, 2.75) is 40.2 Å². The molecule has 0 unspecified atom stereocenters. The number of nitrogens with one attached hydrogen (secondary N) is 1. The molecule has 0 bridgehead atoms. The van der Waals surface area contributed by atoms with Crippen molar-refractivity contribution in [3.63, 3.8) is 0 Å². The number of pyridine rings is 1. The molecule has 0 spiro atoms. The zero-order valence-corrected chi connectivity index (χ0v) is 19.0. The third-order valence-corrected chi connectivity index (χ3v) is 5.12. The number of ether oxygens (including phenoxy) is 1. The number of aliphatic hydroxyl groups is 1. The zero-order chi connectivity index (χ0) is 22.8. The highest BCUT2D eigenvalue weighted by atomic mass is 16.5. The maximum absolute atomic E-state index is 12.5. The molecule has 31 heavy (non-hydrogen) atoms.